The van der Waals surface area contributed by atoms with Gasteiger partial charge in [-0.2, -0.15) is 0 Å². The molecule has 1 aromatic heterocycles. The number of nitrogens with zero attached hydrogens (tertiary/aromatic N) is 2. The molecule has 0 unspecified atom stereocenters. The van der Waals surface area contributed by atoms with Crippen LogP contribution in [0.1, 0.15) is 16.1 Å². The van der Waals surface area contributed by atoms with Gasteiger partial charge in [0.25, 0.3) is 0 Å². The molecular weight excluding hydrogens is 260 g/mol. The summed E-state index contributed by atoms with van der Waals surface area (Å²) >= 11 is 1.34. The van der Waals surface area contributed by atoms with Gasteiger partial charge in [0.15, 0.2) is 10.9 Å². The van der Waals surface area contributed by atoms with Crippen LogP contribution in [0.5, 0.6) is 5.75 Å². The molecule has 0 radical (unpaired) electrons. The number of aryl methyl sites for hydroxylation is 1. The van der Waals surface area contributed by atoms with Gasteiger partial charge in [-0.3, -0.25) is 4.79 Å². The van der Waals surface area contributed by atoms with Crippen molar-refractivity contribution in [3.63, 3.8) is 0 Å². The number of aromatic nitrogens is 2. The fourth-order valence-electron chi connectivity index (χ4n) is 1.49. The Morgan fingerprint density at radius 1 is 1.26 bits per heavy atom. The summed E-state index contributed by atoms with van der Waals surface area (Å²) in [4.78, 5) is 20.3. The highest BCUT2D eigenvalue weighted by atomic mass is 32.2. The second kappa shape index (κ2) is 6.33. The number of Topliss-reactive ketones (excluding diaryl/α,β-unsaturated/α-hetero) is 1. The molecule has 4 nitrogen and oxygen atoms in total. The van der Waals surface area contributed by atoms with Crippen molar-refractivity contribution in [2.75, 3.05) is 12.9 Å². The van der Waals surface area contributed by atoms with Gasteiger partial charge in [0.05, 0.1) is 12.9 Å². The molecule has 5 heteroatoms. The second-order valence-electron chi connectivity index (χ2n) is 3.92. The molecule has 0 atom stereocenters. The fraction of sp³-hybridized carbons (Fsp3) is 0.214. The van der Waals surface area contributed by atoms with Crippen molar-refractivity contribution in [2.45, 2.75) is 12.1 Å². The zero-order valence-electron chi connectivity index (χ0n) is 10.8. The Bertz CT molecular complexity index is 570. The summed E-state index contributed by atoms with van der Waals surface area (Å²) in [6.45, 7) is 1.90. The molecule has 0 N–H and O–H groups in total. The van der Waals surface area contributed by atoms with Crippen LogP contribution in [0.25, 0.3) is 0 Å². The summed E-state index contributed by atoms with van der Waals surface area (Å²) < 4.78 is 5.05. The SMILES string of the molecule is COc1ccc(C(=O)CSc2nccc(C)n2)cc1. The number of ether oxygens (including phenoxy) is 1. The van der Waals surface area contributed by atoms with Gasteiger partial charge in [-0.15, -0.1) is 0 Å². The Labute approximate surface area is 116 Å². The van der Waals surface area contributed by atoms with Crippen LogP contribution in [-0.4, -0.2) is 28.6 Å². The maximum absolute atomic E-state index is 12.0. The number of hydrogen-bond donors (Lipinski definition) is 0. The van der Waals surface area contributed by atoms with Crippen LogP contribution < -0.4 is 4.74 Å². The molecule has 0 aliphatic heterocycles. The predicted octanol–water partition coefficient (Wildman–Crippen LogP) is 2.77. The average Bonchev–Trinajstić information content (AvgIpc) is 2.45. The minimum absolute atomic E-state index is 0.0535. The average molecular weight is 274 g/mol. The molecule has 0 saturated carbocycles. The van der Waals surface area contributed by atoms with Crippen LogP contribution in [0, 0.1) is 6.92 Å². The first-order valence-electron chi connectivity index (χ1n) is 5.79. The summed E-state index contributed by atoms with van der Waals surface area (Å²) in [6.07, 6.45) is 1.70. The van der Waals surface area contributed by atoms with Crippen molar-refractivity contribution in [2.24, 2.45) is 0 Å². The van der Waals surface area contributed by atoms with Crippen LogP contribution in [0.2, 0.25) is 0 Å². The first-order valence-corrected chi connectivity index (χ1v) is 6.77. The lowest BCUT2D eigenvalue weighted by atomic mass is 10.1. The van der Waals surface area contributed by atoms with Crippen molar-refractivity contribution in [3.05, 3.63) is 47.8 Å². The van der Waals surface area contributed by atoms with Gasteiger partial charge in [-0.25, -0.2) is 9.97 Å². The van der Waals surface area contributed by atoms with E-state index in [0.717, 1.165) is 11.4 Å². The van der Waals surface area contributed by atoms with Gasteiger partial charge in [-0.1, -0.05) is 11.8 Å². The van der Waals surface area contributed by atoms with Gasteiger partial charge in [0.2, 0.25) is 0 Å². The third kappa shape index (κ3) is 3.79. The normalized spacial score (nSPS) is 10.2. The lowest BCUT2D eigenvalue weighted by molar-refractivity contribution is 0.102. The minimum Gasteiger partial charge on any atom is -0.497 e. The molecule has 0 aliphatic carbocycles. The smallest absolute Gasteiger partial charge is 0.188 e. The van der Waals surface area contributed by atoms with Gasteiger partial charge in [0.1, 0.15) is 5.75 Å². The van der Waals surface area contributed by atoms with E-state index >= 15 is 0 Å². The number of benzene rings is 1. The number of thioether (sulfide) groups is 1. The van der Waals surface area contributed by atoms with Crippen molar-refractivity contribution < 1.29 is 9.53 Å². The second-order valence-corrected chi connectivity index (χ2v) is 4.86. The first-order chi connectivity index (χ1) is 9.19. The highest BCUT2D eigenvalue weighted by Gasteiger charge is 2.08. The van der Waals surface area contributed by atoms with E-state index in [-0.39, 0.29) is 5.78 Å². The quantitative estimate of drug-likeness (QED) is 0.477. The van der Waals surface area contributed by atoms with E-state index in [1.165, 1.54) is 11.8 Å². The standard InChI is InChI=1S/C14H14N2O2S/c1-10-7-8-15-14(16-10)19-9-13(17)11-3-5-12(18-2)6-4-11/h3-8H,9H2,1-2H3. The molecule has 98 valence electrons. The zero-order valence-corrected chi connectivity index (χ0v) is 11.6. The van der Waals surface area contributed by atoms with Gasteiger partial charge in [0, 0.05) is 17.5 Å². The number of methoxy groups -OCH3 is 1. The number of carbonyl (C=O) groups excluding carboxylic acids is 1. The fourth-order valence-corrected chi connectivity index (χ4v) is 2.26. The Morgan fingerprint density at radius 2 is 2.00 bits per heavy atom. The molecule has 2 aromatic rings. The third-order valence-corrected chi connectivity index (χ3v) is 3.38. The summed E-state index contributed by atoms with van der Waals surface area (Å²) in [5, 5.41) is 0.627. The van der Waals surface area contributed by atoms with E-state index in [2.05, 4.69) is 9.97 Å². The highest BCUT2D eigenvalue weighted by molar-refractivity contribution is 7.99. The molecular formula is C14H14N2O2S. The van der Waals surface area contributed by atoms with Crippen molar-refractivity contribution in [1.29, 1.82) is 0 Å². The van der Waals surface area contributed by atoms with E-state index in [4.69, 9.17) is 4.74 Å². The number of hydrogen-bond acceptors (Lipinski definition) is 5. The van der Waals surface area contributed by atoms with Gasteiger partial charge >= 0.3 is 0 Å². The monoisotopic (exact) mass is 274 g/mol. The molecule has 0 spiro atoms. The summed E-state index contributed by atoms with van der Waals surface area (Å²) in [5.41, 5.74) is 1.57. The Hall–Kier alpha value is -1.88. The maximum atomic E-state index is 12.0. The molecule has 1 heterocycles. The topological polar surface area (TPSA) is 52.1 Å². The highest BCUT2D eigenvalue weighted by Crippen LogP contribution is 2.17. The lowest BCUT2D eigenvalue weighted by Gasteiger charge is -2.03. The number of rotatable bonds is 5. The van der Waals surface area contributed by atoms with E-state index in [9.17, 15) is 4.79 Å². The molecule has 0 bridgehead atoms. The molecule has 0 fully saturated rings. The first kappa shape index (κ1) is 13.5. The van der Waals surface area contributed by atoms with Crippen molar-refractivity contribution in [1.82, 2.24) is 9.97 Å². The van der Waals surface area contributed by atoms with Crippen LogP contribution >= 0.6 is 11.8 Å². The maximum Gasteiger partial charge on any atom is 0.188 e. The number of ketones is 1. The van der Waals surface area contributed by atoms with Crippen LogP contribution in [0.15, 0.2) is 41.7 Å². The third-order valence-electron chi connectivity index (χ3n) is 2.52. The summed E-state index contributed by atoms with van der Waals surface area (Å²) in [5.74, 6) is 1.12. The molecule has 2 rings (SSSR count). The van der Waals surface area contributed by atoms with Crippen molar-refractivity contribution >= 4 is 17.5 Å². The Kier molecular flexibility index (Phi) is 4.52. The predicted molar refractivity (Wildman–Crippen MR) is 74.8 cm³/mol. The van der Waals surface area contributed by atoms with E-state index < -0.39 is 0 Å². The van der Waals surface area contributed by atoms with Crippen molar-refractivity contribution in [3.8, 4) is 5.75 Å². The molecule has 0 aliphatic rings. The summed E-state index contributed by atoms with van der Waals surface area (Å²) in [6, 6.07) is 8.91. The molecule has 0 saturated heterocycles. The van der Waals surface area contributed by atoms with Gasteiger partial charge in [-0.05, 0) is 37.3 Å². The Morgan fingerprint density at radius 3 is 2.63 bits per heavy atom. The molecule has 19 heavy (non-hydrogen) atoms. The van der Waals surface area contributed by atoms with Crippen LogP contribution in [0.4, 0.5) is 0 Å². The van der Waals surface area contributed by atoms with E-state index in [0.29, 0.717) is 16.5 Å². The van der Waals surface area contributed by atoms with Crippen LogP contribution in [0.3, 0.4) is 0 Å². The number of carbonyl (C=O) groups is 1. The largest absolute Gasteiger partial charge is 0.497 e. The summed E-state index contributed by atoms with van der Waals surface area (Å²) in [7, 11) is 1.60. The molecule has 0 amide bonds. The lowest BCUT2D eigenvalue weighted by Crippen LogP contribution is -2.03. The molecule has 1 aromatic carbocycles. The van der Waals surface area contributed by atoms with Crippen LogP contribution in [-0.2, 0) is 0 Å². The van der Waals surface area contributed by atoms with E-state index in [1.54, 1.807) is 37.6 Å². The zero-order chi connectivity index (χ0) is 13.7. The Balaban J connectivity index is 1.97. The van der Waals surface area contributed by atoms with E-state index in [1.807, 2.05) is 13.0 Å². The minimum atomic E-state index is 0.0535. The van der Waals surface area contributed by atoms with Gasteiger partial charge < -0.3 is 4.74 Å².